The number of carbonyl (C=O) groups is 1. The highest BCUT2D eigenvalue weighted by atomic mass is 35.5. The van der Waals surface area contributed by atoms with Crippen molar-refractivity contribution >= 4 is 18.3 Å². The summed E-state index contributed by atoms with van der Waals surface area (Å²) < 4.78 is 27.8. The van der Waals surface area contributed by atoms with E-state index in [9.17, 15) is 13.6 Å². The molecule has 1 amide bonds. The van der Waals surface area contributed by atoms with Crippen LogP contribution in [0.15, 0.2) is 18.2 Å². The van der Waals surface area contributed by atoms with Crippen LogP contribution in [0, 0.1) is 23.0 Å². The summed E-state index contributed by atoms with van der Waals surface area (Å²) in [6.45, 7) is 3.58. The van der Waals surface area contributed by atoms with Crippen molar-refractivity contribution < 1.29 is 13.6 Å². The minimum Gasteiger partial charge on any atom is -0.339 e. The number of hydrogen-bond donors (Lipinski definition) is 1. The van der Waals surface area contributed by atoms with Crippen LogP contribution in [0.2, 0.25) is 0 Å². The van der Waals surface area contributed by atoms with Gasteiger partial charge in [-0.25, -0.2) is 8.78 Å². The third kappa shape index (κ3) is 3.22. The second-order valence-corrected chi connectivity index (χ2v) is 6.63. The van der Waals surface area contributed by atoms with Crippen molar-refractivity contribution in [2.75, 3.05) is 20.1 Å². The van der Waals surface area contributed by atoms with Gasteiger partial charge in [0.2, 0.25) is 5.91 Å². The Kier molecular flexibility index (Phi) is 5.31. The second-order valence-electron chi connectivity index (χ2n) is 6.63. The van der Waals surface area contributed by atoms with Crippen LogP contribution in [-0.2, 0) is 4.79 Å². The van der Waals surface area contributed by atoms with Crippen LogP contribution in [0.25, 0.3) is 0 Å². The van der Waals surface area contributed by atoms with Crippen molar-refractivity contribution in [1.82, 2.24) is 10.2 Å². The van der Waals surface area contributed by atoms with E-state index in [2.05, 4.69) is 5.32 Å². The molecule has 128 valence electrons. The summed E-state index contributed by atoms with van der Waals surface area (Å²) in [6.07, 6.45) is 2.93. The lowest BCUT2D eigenvalue weighted by molar-refractivity contribution is -0.134. The average Bonchev–Trinajstić information content (AvgIpc) is 3.19. The normalized spacial score (nSPS) is 23.0. The van der Waals surface area contributed by atoms with Gasteiger partial charge < -0.3 is 10.2 Å². The molecular formula is C17H23ClF2N2O. The van der Waals surface area contributed by atoms with Gasteiger partial charge in [0.1, 0.15) is 11.6 Å². The molecule has 0 bridgehead atoms. The Balaban J connectivity index is 0.00000192. The summed E-state index contributed by atoms with van der Waals surface area (Å²) in [5.41, 5.74) is 0.0998. The van der Waals surface area contributed by atoms with Crippen LogP contribution in [0.1, 0.15) is 37.8 Å². The SMILES string of the molecule is CC(c1c(F)cccc1F)N(C)C(=O)C1CC12CCNCC2.Cl. The minimum atomic E-state index is -0.604. The molecule has 1 saturated heterocycles. The van der Waals surface area contributed by atoms with Crippen LogP contribution in [-0.4, -0.2) is 30.9 Å². The Labute approximate surface area is 141 Å². The number of rotatable bonds is 3. The van der Waals surface area contributed by atoms with Gasteiger partial charge in [-0.15, -0.1) is 12.4 Å². The number of nitrogens with zero attached hydrogens (tertiary/aromatic N) is 1. The molecule has 1 spiro atoms. The van der Waals surface area contributed by atoms with Gasteiger partial charge in [0.25, 0.3) is 0 Å². The fraction of sp³-hybridized carbons (Fsp3) is 0.588. The smallest absolute Gasteiger partial charge is 0.226 e. The summed E-state index contributed by atoms with van der Waals surface area (Å²) in [6, 6.07) is 3.21. The monoisotopic (exact) mass is 344 g/mol. The van der Waals surface area contributed by atoms with Crippen LogP contribution >= 0.6 is 12.4 Å². The third-order valence-corrected chi connectivity index (χ3v) is 5.43. The lowest BCUT2D eigenvalue weighted by Gasteiger charge is -2.29. The Bertz CT molecular complexity index is 570. The predicted molar refractivity (Wildman–Crippen MR) is 87.4 cm³/mol. The summed E-state index contributed by atoms with van der Waals surface area (Å²) in [5, 5.41) is 3.31. The Morgan fingerprint density at radius 3 is 2.43 bits per heavy atom. The highest BCUT2D eigenvalue weighted by Gasteiger charge is 2.58. The van der Waals surface area contributed by atoms with Crippen LogP contribution in [0.5, 0.6) is 0 Å². The highest BCUT2D eigenvalue weighted by molar-refractivity contribution is 5.85. The molecule has 3 nitrogen and oxygen atoms in total. The van der Waals surface area contributed by atoms with Crippen LogP contribution in [0.3, 0.4) is 0 Å². The van der Waals surface area contributed by atoms with Gasteiger partial charge in [0.05, 0.1) is 6.04 Å². The van der Waals surface area contributed by atoms with Crippen molar-refractivity contribution in [2.24, 2.45) is 11.3 Å². The number of carbonyl (C=O) groups excluding carboxylic acids is 1. The lowest BCUT2D eigenvalue weighted by atomic mass is 9.91. The minimum absolute atomic E-state index is 0. The molecule has 1 aliphatic carbocycles. The summed E-state index contributed by atoms with van der Waals surface area (Å²) >= 11 is 0. The molecule has 2 fully saturated rings. The summed E-state index contributed by atoms with van der Waals surface area (Å²) in [7, 11) is 1.64. The van der Waals surface area contributed by atoms with Crippen molar-refractivity contribution in [3.05, 3.63) is 35.4 Å². The van der Waals surface area contributed by atoms with Crippen molar-refractivity contribution in [3.8, 4) is 0 Å². The molecule has 0 radical (unpaired) electrons. The van der Waals surface area contributed by atoms with E-state index >= 15 is 0 Å². The molecule has 2 atom stereocenters. The summed E-state index contributed by atoms with van der Waals surface area (Å²) in [5.74, 6) is -1.17. The molecule has 0 aromatic heterocycles. The number of hydrogen-bond acceptors (Lipinski definition) is 2. The first-order valence-corrected chi connectivity index (χ1v) is 7.87. The van der Waals surface area contributed by atoms with E-state index in [-0.39, 0.29) is 35.2 Å². The molecule has 1 aromatic rings. The van der Waals surface area contributed by atoms with E-state index in [1.54, 1.807) is 14.0 Å². The first-order valence-electron chi connectivity index (χ1n) is 7.87. The molecule has 1 N–H and O–H groups in total. The first kappa shape index (κ1) is 18.1. The molecule has 1 aliphatic heterocycles. The number of halogens is 3. The summed E-state index contributed by atoms with van der Waals surface area (Å²) in [4.78, 5) is 14.2. The Hall–Kier alpha value is -1.20. The van der Waals surface area contributed by atoms with E-state index in [1.165, 1.54) is 23.1 Å². The lowest BCUT2D eigenvalue weighted by Crippen LogP contribution is -2.36. The second kappa shape index (κ2) is 6.73. The molecule has 1 heterocycles. The zero-order valence-corrected chi connectivity index (χ0v) is 14.3. The molecule has 2 aliphatic rings. The average molecular weight is 345 g/mol. The standard InChI is InChI=1S/C17H22F2N2O.ClH/c1-11(15-13(18)4-3-5-14(15)19)21(2)16(22)12-10-17(12)6-8-20-9-7-17;/h3-5,11-12,20H,6-10H2,1-2H3;1H. The number of piperidine rings is 1. The van der Waals surface area contributed by atoms with Gasteiger partial charge in [-0.3, -0.25) is 4.79 Å². The van der Waals surface area contributed by atoms with Gasteiger partial charge >= 0.3 is 0 Å². The van der Waals surface area contributed by atoms with Gasteiger partial charge in [-0.1, -0.05) is 6.07 Å². The van der Waals surface area contributed by atoms with E-state index in [0.29, 0.717) is 0 Å². The Morgan fingerprint density at radius 2 is 1.87 bits per heavy atom. The molecule has 1 saturated carbocycles. The Morgan fingerprint density at radius 1 is 1.30 bits per heavy atom. The quantitative estimate of drug-likeness (QED) is 0.912. The van der Waals surface area contributed by atoms with E-state index < -0.39 is 17.7 Å². The van der Waals surface area contributed by atoms with Gasteiger partial charge in [-0.2, -0.15) is 0 Å². The zero-order valence-electron chi connectivity index (χ0n) is 13.4. The number of benzene rings is 1. The fourth-order valence-corrected chi connectivity index (χ4v) is 3.71. The third-order valence-electron chi connectivity index (χ3n) is 5.43. The number of amides is 1. The maximum absolute atomic E-state index is 13.9. The molecule has 23 heavy (non-hydrogen) atoms. The van der Waals surface area contributed by atoms with Gasteiger partial charge in [0.15, 0.2) is 0 Å². The van der Waals surface area contributed by atoms with Crippen LogP contribution in [0.4, 0.5) is 8.78 Å². The maximum atomic E-state index is 13.9. The maximum Gasteiger partial charge on any atom is 0.226 e. The van der Waals surface area contributed by atoms with E-state index in [1.807, 2.05) is 0 Å². The van der Waals surface area contributed by atoms with Crippen molar-refractivity contribution in [3.63, 3.8) is 0 Å². The van der Waals surface area contributed by atoms with Crippen molar-refractivity contribution in [2.45, 2.75) is 32.2 Å². The number of nitrogens with one attached hydrogen (secondary N) is 1. The van der Waals surface area contributed by atoms with E-state index in [0.717, 1.165) is 32.4 Å². The van der Waals surface area contributed by atoms with Crippen LogP contribution < -0.4 is 5.32 Å². The highest BCUT2D eigenvalue weighted by Crippen LogP contribution is 2.59. The predicted octanol–water partition coefficient (Wildman–Crippen LogP) is 3.30. The molecule has 2 unspecified atom stereocenters. The van der Waals surface area contributed by atoms with E-state index in [4.69, 9.17) is 0 Å². The zero-order chi connectivity index (χ0) is 15.9. The fourth-order valence-electron chi connectivity index (χ4n) is 3.71. The molecule has 1 aromatic carbocycles. The molecular weight excluding hydrogens is 322 g/mol. The molecule has 6 heteroatoms. The largest absolute Gasteiger partial charge is 0.339 e. The topological polar surface area (TPSA) is 32.3 Å². The van der Waals surface area contributed by atoms with Crippen molar-refractivity contribution in [1.29, 1.82) is 0 Å². The first-order chi connectivity index (χ1) is 10.5. The van der Waals surface area contributed by atoms with Gasteiger partial charge in [-0.05, 0) is 56.8 Å². The molecule has 3 rings (SSSR count). The van der Waals surface area contributed by atoms with Gasteiger partial charge in [0, 0.05) is 18.5 Å².